The maximum Gasteiger partial charge on any atom is 0.263 e. The normalized spacial score (nSPS) is 12.3. The van der Waals surface area contributed by atoms with E-state index in [-0.39, 0.29) is 27.9 Å². The van der Waals surface area contributed by atoms with E-state index in [0.29, 0.717) is 23.6 Å². The number of benzene rings is 1. The zero-order valence-corrected chi connectivity index (χ0v) is 25.8. The van der Waals surface area contributed by atoms with E-state index >= 15 is 4.39 Å². The van der Waals surface area contributed by atoms with Crippen molar-refractivity contribution in [1.82, 2.24) is 29.1 Å². The number of fused-ring (bicyclic) bond motifs is 1. The number of hydrogen-bond acceptors (Lipinski definition) is 7. The fourth-order valence-corrected chi connectivity index (χ4v) is 6.51. The average Bonchev–Trinajstić information content (AvgIpc) is 3.55. The second-order valence-electron chi connectivity index (χ2n) is 10.9. The molecule has 0 unspecified atom stereocenters. The average molecular weight is 632 g/mol. The van der Waals surface area contributed by atoms with Gasteiger partial charge in [-0.1, -0.05) is 37.3 Å². The molecule has 0 fully saturated rings. The van der Waals surface area contributed by atoms with Gasteiger partial charge in [-0.25, -0.2) is 22.2 Å². The Morgan fingerprint density at radius 3 is 2.64 bits per heavy atom. The van der Waals surface area contributed by atoms with Crippen LogP contribution in [0.1, 0.15) is 5.69 Å². The highest BCUT2D eigenvalue weighted by atomic mass is 35.5. The van der Waals surface area contributed by atoms with Gasteiger partial charge in [0, 0.05) is 32.6 Å². The minimum Gasteiger partial charge on any atom is -0.361 e. The Kier molecular flexibility index (Phi) is 8.16. The maximum atomic E-state index is 15.7. The zero-order valence-electron chi connectivity index (χ0n) is 23.3. The van der Waals surface area contributed by atoms with Gasteiger partial charge < -0.3 is 9.14 Å². The summed E-state index contributed by atoms with van der Waals surface area (Å²) < 4.78 is 68.0. The van der Waals surface area contributed by atoms with Gasteiger partial charge in [-0.05, 0) is 37.2 Å². The first-order valence-electron chi connectivity index (χ1n) is 12.9. The van der Waals surface area contributed by atoms with Crippen LogP contribution in [0, 0.1) is 18.6 Å². The van der Waals surface area contributed by atoms with Gasteiger partial charge in [-0.15, -0.1) is 10.2 Å². The summed E-state index contributed by atoms with van der Waals surface area (Å²) in [5.74, 6) is -1.47. The first kappa shape index (κ1) is 29.8. The first-order chi connectivity index (χ1) is 19.8. The summed E-state index contributed by atoms with van der Waals surface area (Å²) in [6.07, 6.45) is 5.86. The fraction of sp³-hybridized carbons (Fsp3) is 0.259. The molecule has 4 heterocycles. The molecule has 1 aromatic carbocycles. The summed E-state index contributed by atoms with van der Waals surface area (Å²) in [5, 5.41) is 8.29. The predicted octanol–water partition coefficient (Wildman–Crippen LogP) is 6.01. The Morgan fingerprint density at radius 1 is 1.10 bits per heavy atom. The van der Waals surface area contributed by atoms with E-state index in [2.05, 4.69) is 44.5 Å². The highest BCUT2D eigenvalue weighted by Gasteiger charge is 2.24. The first-order valence-corrected chi connectivity index (χ1v) is 18.5. The fourth-order valence-electron chi connectivity index (χ4n) is 4.25. The standard InChI is InChI=1S/C27H28ClF2N7O3SSi/c1-17-23(11-19(28)12-31-17)41(38,39)35-21-7-6-20(29)24(25(21)30)18-5-8-22-26(32-14-36(22)13-18)27-34-33-15-37(27)16-40-9-10-42(2,3)4/h5-8,11-15,35H,9-10,16H2,1-4H3. The smallest absolute Gasteiger partial charge is 0.263 e. The Hall–Kier alpha value is -3.72. The van der Waals surface area contributed by atoms with E-state index in [1.807, 2.05) is 0 Å². The number of imidazole rings is 1. The molecule has 10 nitrogen and oxygen atoms in total. The van der Waals surface area contributed by atoms with Crippen molar-refractivity contribution in [3.63, 3.8) is 0 Å². The third-order valence-electron chi connectivity index (χ3n) is 6.51. The van der Waals surface area contributed by atoms with Gasteiger partial charge in [0.05, 0.1) is 27.5 Å². The number of pyridine rings is 2. The van der Waals surface area contributed by atoms with Crippen LogP contribution in [-0.2, 0) is 21.5 Å². The SMILES string of the molecule is Cc1ncc(Cl)cc1S(=O)(=O)Nc1ccc(F)c(-c2ccc3c(-c4nncn4COCC[Si](C)(C)C)ncn3c2)c1F. The van der Waals surface area contributed by atoms with Crippen LogP contribution in [0.3, 0.4) is 0 Å². The number of ether oxygens (including phenoxy) is 1. The van der Waals surface area contributed by atoms with E-state index in [4.69, 9.17) is 16.3 Å². The van der Waals surface area contributed by atoms with Crippen LogP contribution in [0.15, 0.2) is 60.3 Å². The van der Waals surface area contributed by atoms with E-state index in [1.54, 1.807) is 21.4 Å². The molecule has 1 N–H and O–H groups in total. The lowest BCUT2D eigenvalue weighted by atomic mass is 10.0. The van der Waals surface area contributed by atoms with Gasteiger partial charge in [0.2, 0.25) is 0 Å². The summed E-state index contributed by atoms with van der Waals surface area (Å²) in [5.41, 5.74) is 0.633. The van der Waals surface area contributed by atoms with Crippen molar-refractivity contribution in [2.24, 2.45) is 0 Å². The van der Waals surface area contributed by atoms with Crippen LogP contribution in [0.4, 0.5) is 14.5 Å². The van der Waals surface area contributed by atoms with Crippen molar-refractivity contribution in [1.29, 1.82) is 0 Å². The molecule has 220 valence electrons. The largest absolute Gasteiger partial charge is 0.361 e. The van der Waals surface area contributed by atoms with Crippen LogP contribution >= 0.6 is 11.6 Å². The van der Waals surface area contributed by atoms with Crippen LogP contribution in [-0.4, -0.2) is 52.2 Å². The van der Waals surface area contributed by atoms with E-state index in [9.17, 15) is 12.8 Å². The molecule has 0 bridgehead atoms. The third-order valence-corrected chi connectivity index (χ3v) is 9.90. The summed E-state index contributed by atoms with van der Waals surface area (Å²) in [6, 6.07) is 7.42. The lowest BCUT2D eigenvalue weighted by molar-refractivity contribution is 0.0880. The van der Waals surface area contributed by atoms with Gasteiger partial charge in [0.1, 0.15) is 35.8 Å². The van der Waals surface area contributed by atoms with Crippen molar-refractivity contribution in [3.05, 3.63) is 77.7 Å². The number of aryl methyl sites for hydroxylation is 1. The predicted molar refractivity (Wildman–Crippen MR) is 158 cm³/mol. The number of anilines is 1. The Morgan fingerprint density at radius 2 is 1.88 bits per heavy atom. The summed E-state index contributed by atoms with van der Waals surface area (Å²) in [6.45, 7) is 9.20. The van der Waals surface area contributed by atoms with E-state index in [1.165, 1.54) is 37.8 Å². The van der Waals surface area contributed by atoms with Gasteiger partial charge in [0.15, 0.2) is 11.6 Å². The topological polar surface area (TPSA) is 116 Å². The lowest BCUT2D eigenvalue weighted by Crippen LogP contribution is -2.22. The van der Waals surface area contributed by atoms with Gasteiger partial charge in [-0.3, -0.25) is 14.3 Å². The highest BCUT2D eigenvalue weighted by Crippen LogP contribution is 2.33. The van der Waals surface area contributed by atoms with Crippen LogP contribution in [0.5, 0.6) is 0 Å². The number of sulfonamides is 1. The number of aromatic nitrogens is 6. The van der Waals surface area contributed by atoms with Crippen LogP contribution < -0.4 is 4.72 Å². The second kappa shape index (κ2) is 11.5. The number of hydrogen-bond donors (Lipinski definition) is 1. The molecule has 4 aromatic heterocycles. The molecule has 5 aromatic rings. The van der Waals surface area contributed by atoms with Gasteiger partial charge in [-0.2, -0.15) is 0 Å². The van der Waals surface area contributed by atoms with Crippen LogP contribution in [0.25, 0.3) is 28.2 Å². The van der Waals surface area contributed by atoms with Crippen molar-refractivity contribution in [3.8, 4) is 22.6 Å². The Bertz CT molecular complexity index is 1890. The molecule has 0 spiro atoms. The molecule has 0 amide bonds. The summed E-state index contributed by atoms with van der Waals surface area (Å²) in [4.78, 5) is 8.18. The third kappa shape index (κ3) is 6.21. The van der Waals surface area contributed by atoms with Gasteiger partial charge in [0.25, 0.3) is 10.0 Å². The summed E-state index contributed by atoms with van der Waals surface area (Å²) >= 11 is 5.92. The Balaban J connectivity index is 1.44. The number of rotatable bonds is 10. The molecular weight excluding hydrogens is 604 g/mol. The van der Waals surface area contributed by atoms with Gasteiger partial charge >= 0.3 is 0 Å². The molecule has 0 aliphatic rings. The Labute approximate surface area is 247 Å². The van der Waals surface area contributed by atoms with E-state index in [0.717, 1.165) is 18.2 Å². The quantitative estimate of drug-likeness (QED) is 0.148. The number of nitrogens with one attached hydrogen (secondary N) is 1. The number of nitrogens with zero attached hydrogens (tertiary/aromatic N) is 6. The van der Waals surface area contributed by atoms with Crippen molar-refractivity contribution in [2.75, 3.05) is 11.3 Å². The molecule has 0 aliphatic carbocycles. The maximum absolute atomic E-state index is 15.7. The monoisotopic (exact) mass is 631 g/mol. The lowest BCUT2D eigenvalue weighted by Gasteiger charge is -2.15. The minimum atomic E-state index is -4.28. The second-order valence-corrected chi connectivity index (χ2v) is 18.6. The minimum absolute atomic E-state index is 0.0991. The van der Waals surface area contributed by atoms with Crippen molar-refractivity contribution < 1.29 is 21.9 Å². The zero-order chi connectivity index (χ0) is 30.2. The molecule has 0 atom stereocenters. The summed E-state index contributed by atoms with van der Waals surface area (Å²) in [7, 11) is -5.51. The van der Waals surface area contributed by atoms with E-state index < -0.39 is 41.0 Å². The van der Waals surface area contributed by atoms with Crippen molar-refractivity contribution >= 4 is 40.9 Å². The number of halogens is 3. The molecule has 15 heteroatoms. The molecular formula is C27H28ClF2N7O3SSi. The molecule has 5 rings (SSSR count). The highest BCUT2D eigenvalue weighted by molar-refractivity contribution is 7.92. The van der Waals surface area contributed by atoms with Crippen LogP contribution in [0.2, 0.25) is 30.7 Å². The molecule has 0 aliphatic heterocycles. The molecule has 0 radical (unpaired) electrons. The molecule has 0 saturated carbocycles. The molecule has 0 saturated heterocycles. The molecule has 42 heavy (non-hydrogen) atoms. The van der Waals surface area contributed by atoms with Crippen molar-refractivity contribution in [2.45, 2.75) is 44.2 Å².